The molecule has 2 N–H and O–H groups in total. The Balaban J connectivity index is 1.96. The molecule has 2 unspecified atom stereocenters. The molecule has 1 aliphatic rings. The Hall–Kier alpha value is -0.910. The summed E-state index contributed by atoms with van der Waals surface area (Å²) in [5, 5.41) is 0. The maximum Gasteiger partial charge on any atom is 0.214 e. The van der Waals surface area contributed by atoms with Gasteiger partial charge in [-0.25, -0.2) is 12.7 Å². The van der Waals surface area contributed by atoms with E-state index in [1.54, 1.807) is 4.31 Å². The van der Waals surface area contributed by atoms with Crippen molar-refractivity contribution in [2.75, 3.05) is 18.8 Å². The summed E-state index contributed by atoms with van der Waals surface area (Å²) in [4.78, 5) is 0. The maximum atomic E-state index is 12.4. The molecule has 0 radical (unpaired) electrons. The highest BCUT2D eigenvalue weighted by Crippen LogP contribution is 2.21. The number of hydrogen-bond donors (Lipinski definition) is 1. The van der Waals surface area contributed by atoms with Crippen LogP contribution in [0.1, 0.15) is 25.3 Å². The molecule has 1 aromatic carbocycles. The lowest BCUT2D eigenvalue weighted by molar-refractivity contribution is 0.230. The van der Waals surface area contributed by atoms with Gasteiger partial charge in [0.2, 0.25) is 10.0 Å². The lowest BCUT2D eigenvalue weighted by Crippen LogP contribution is -2.49. The highest BCUT2D eigenvalue weighted by atomic mass is 32.2. The fourth-order valence-electron chi connectivity index (χ4n) is 2.72. The topological polar surface area (TPSA) is 63.4 Å². The van der Waals surface area contributed by atoms with Gasteiger partial charge >= 0.3 is 0 Å². The van der Waals surface area contributed by atoms with Crippen LogP contribution in [-0.2, 0) is 16.4 Å². The third kappa shape index (κ3) is 3.81. The minimum atomic E-state index is -3.17. The van der Waals surface area contributed by atoms with Crippen molar-refractivity contribution in [3.63, 3.8) is 0 Å². The first-order valence-electron chi connectivity index (χ1n) is 7.30. The molecule has 0 amide bonds. The van der Waals surface area contributed by atoms with Crippen molar-refractivity contribution in [1.82, 2.24) is 4.31 Å². The number of sulfonamides is 1. The Labute approximate surface area is 122 Å². The molecule has 2 rings (SSSR count). The van der Waals surface area contributed by atoms with E-state index in [-0.39, 0.29) is 17.7 Å². The fourth-order valence-corrected chi connectivity index (χ4v) is 4.28. The molecule has 20 heavy (non-hydrogen) atoms. The van der Waals surface area contributed by atoms with Gasteiger partial charge in [-0.05, 0) is 24.3 Å². The summed E-state index contributed by atoms with van der Waals surface area (Å²) in [6, 6.07) is 9.90. The van der Waals surface area contributed by atoms with E-state index in [1.165, 1.54) is 0 Å². The van der Waals surface area contributed by atoms with E-state index >= 15 is 0 Å². The molecule has 0 saturated carbocycles. The summed E-state index contributed by atoms with van der Waals surface area (Å²) >= 11 is 0. The van der Waals surface area contributed by atoms with Crippen LogP contribution in [0.15, 0.2) is 30.3 Å². The molecule has 0 spiro atoms. The first-order valence-corrected chi connectivity index (χ1v) is 8.91. The molecular weight excluding hydrogens is 272 g/mol. The monoisotopic (exact) mass is 296 g/mol. The van der Waals surface area contributed by atoms with Crippen LogP contribution in [-0.4, -0.2) is 37.6 Å². The SMILES string of the molecule is CCC1CN(S(=O)(=O)CCc2ccccc2)CCC1N. The van der Waals surface area contributed by atoms with Crippen LogP contribution in [0.2, 0.25) is 0 Å². The number of nitrogens with two attached hydrogens (primary N) is 1. The van der Waals surface area contributed by atoms with Crippen LogP contribution in [0.4, 0.5) is 0 Å². The van der Waals surface area contributed by atoms with Crippen LogP contribution in [0, 0.1) is 5.92 Å². The van der Waals surface area contributed by atoms with E-state index in [9.17, 15) is 8.42 Å². The van der Waals surface area contributed by atoms with Crippen LogP contribution < -0.4 is 5.73 Å². The number of benzene rings is 1. The molecular formula is C15H24N2O2S. The number of hydrogen-bond acceptors (Lipinski definition) is 3. The van der Waals surface area contributed by atoms with Crippen molar-refractivity contribution in [1.29, 1.82) is 0 Å². The molecule has 1 aromatic rings. The van der Waals surface area contributed by atoms with E-state index in [0.29, 0.717) is 19.5 Å². The van der Waals surface area contributed by atoms with Crippen molar-refractivity contribution in [2.24, 2.45) is 11.7 Å². The number of rotatable bonds is 5. The van der Waals surface area contributed by atoms with Crippen LogP contribution in [0.5, 0.6) is 0 Å². The second-order valence-electron chi connectivity index (χ2n) is 5.53. The summed E-state index contributed by atoms with van der Waals surface area (Å²) in [5.74, 6) is 0.470. The van der Waals surface area contributed by atoms with E-state index in [2.05, 4.69) is 6.92 Å². The molecule has 1 heterocycles. The molecule has 1 aliphatic heterocycles. The zero-order valence-electron chi connectivity index (χ0n) is 12.0. The highest BCUT2D eigenvalue weighted by molar-refractivity contribution is 7.89. The molecule has 0 aliphatic carbocycles. The zero-order chi connectivity index (χ0) is 14.6. The predicted octanol–water partition coefficient (Wildman–Crippen LogP) is 1.62. The van der Waals surface area contributed by atoms with Crippen molar-refractivity contribution < 1.29 is 8.42 Å². The average molecular weight is 296 g/mol. The fraction of sp³-hybridized carbons (Fsp3) is 0.600. The first-order chi connectivity index (χ1) is 9.53. The third-order valence-electron chi connectivity index (χ3n) is 4.16. The number of piperidine rings is 1. The Morgan fingerprint density at radius 1 is 1.30 bits per heavy atom. The van der Waals surface area contributed by atoms with Gasteiger partial charge in [-0.15, -0.1) is 0 Å². The standard InChI is InChI=1S/C15H24N2O2S/c1-2-14-12-17(10-8-15(14)16)20(18,19)11-9-13-6-4-3-5-7-13/h3-7,14-15H,2,8-12,16H2,1H3. The lowest BCUT2D eigenvalue weighted by atomic mass is 9.92. The largest absolute Gasteiger partial charge is 0.327 e. The van der Waals surface area contributed by atoms with Crippen LogP contribution >= 0.6 is 0 Å². The van der Waals surface area contributed by atoms with Gasteiger partial charge in [0.1, 0.15) is 0 Å². The minimum Gasteiger partial charge on any atom is -0.327 e. The Kier molecular flexibility index (Phi) is 5.18. The third-order valence-corrected chi connectivity index (χ3v) is 6.00. The van der Waals surface area contributed by atoms with E-state index in [4.69, 9.17) is 5.73 Å². The molecule has 112 valence electrons. The summed E-state index contributed by atoms with van der Waals surface area (Å²) in [5.41, 5.74) is 7.11. The molecule has 0 aromatic heterocycles. The summed E-state index contributed by atoms with van der Waals surface area (Å²) in [7, 11) is -3.17. The smallest absolute Gasteiger partial charge is 0.214 e. The van der Waals surface area contributed by atoms with E-state index in [0.717, 1.165) is 18.4 Å². The highest BCUT2D eigenvalue weighted by Gasteiger charge is 2.31. The molecule has 4 nitrogen and oxygen atoms in total. The molecule has 1 fully saturated rings. The maximum absolute atomic E-state index is 12.4. The molecule has 2 atom stereocenters. The molecule has 5 heteroatoms. The summed E-state index contributed by atoms with van der Waals surface area (Å²) in [6.07, 6.45) is 2.28. The Bertz CT molecular complexity index is 516. The number of nitrogens with zero attached hydrogens (tertiary/aromatic N) is 1. The van der Waals surface area contributed by atoms with Gasteiger partial charge in [0.05, 0.1) is 5.75 Å². The molecule has 0 bridgehead atoms. The van der Waals surface area contributed by atoms with Gasteiger partial charge < -0.3 is 5.73 Å². The van der Waals surface area contributed by atoms with E-state index < -0.39 is 10.0 Å². The number of aryl methyl sites for hydroxylation is 1. The zero-order valence-corrected chi connectivity index (χ0v) is 12.8. The quantitative estimate of drug-likeness (QED) is 0.898. The van der Waals surface area contributed by atoms with E-state index in [1.807, 2.05) is 30.3 Å². The Morgan fingerprint density at radius 2 is 2.00 bits per heavy atom. The van der Waals surface area contributed by atoms with Gasteiger partial charge in [0.15, 0.2) is 0 Å². The summed E-state index contributed by atoms with van der Waals surface area (Å²) < 4.78 is 26.5. The van der Waals surface area contributed by atoms with Crippen molar-refractivity contribution in [3.8, 4) is 0 Å². The average Bonchev–Trinajstić information content (AvgIpc) is 2.46. The van der Waals surface area contributed by atoms with Gasteiger partial charge in [0, 0.05) is 19.1 Å². The second kappa shape index (κ2) is 6.70. The van der Waals surface area contributed by atoms with Gasteiger partial charge in [-0.3, -0.25) is 0 Å². The lowest BCUT2D eigenvalue weighted by Gasteiger charge is -2.35. The minimum absolute atomic E-state index is 0.139. The van der Waals surface area contributed by atoms with Crippen LogP contribution in [0.25, 0.3) is 0 Å². The van der Waals surface area contributed by atoms with Crippen molar-refractivity contribution >= 4 is 10.0 Å². The van der Waals surface area contributed by atoms with Crippen molar-refractivity contribution in [2.45, 2.75) is 32.2 Å². The molecule has 1 saturated heterocycles. The summed E-state index contributed by atoms with van der Waals surface area (Å²) in [6.45, 7) is 3.22. The van der Waals surface area contributed by atoms with Gasteiger partial charge in [-0.1, -0.05) is 43.7 Å². The van der Waals surface area contributed by atoms with Crippen LogP contribution in [0.3, 0.4) is 0 Å². The predicted molar refractivity (Wildman–Crippen MR) is 81.9 cm³/mol. The van der Waals surface area contributed by atoms with Crippen molar-refractivity contribution in [3.05, 3.63) is 35.9 Å². The second-order valence-corrected chi connectivity index (χ2v) is 7.62. The van der Waals surface area contributed by atoms with Gasteiger partial charge in [-0.2, -0.15) is 0 Å². The van der Waals surface area contributed by atoms with Gasteiger partial charge in [0.25, 0.3) is 0 Å². The Morgan fingerprint density at radius 3 is 2.65 bits per heavy atom. The first kappa shape index (κ1) is 15.5. The normalized spacial score (nSPS) is 24.7.